The van der Waals surface area contributed by atoms with Crippen molar-refractivity contribution in [1.82, 2.24) is 9.78 Å². The molecule has 3 nitrogen and oxygen atoms in total. The average molecular weight is 149 g/mol. The first kappa shape index (κ1) is 7.72. The monoisotopic (exact) mass is 149 g/mol. The number of hydrogen-bond donors (Lipinski definition) is 0. The van der Waals surface area contributed by atoms with E-state index in [0.717, 1.165) is 11.2 Å². The van der Waals surface area contributed by atoms with Gasteiger partial charge < -0.3 is 0 Å². The maximum atomic E-state index is 4.07. The lowest BCUT2D eigenvalue weighted by Crippen LogP contribution is -2.20. The largest absolute Gasteiger partial charge is 0.270 e. The Balaban J connectivity index is 3.36. The summed E-state index contributed by atoms with van der Waals surface area (Å²) >= 11 is 0. The van der Waals surface area contributed by atoms with E-state index in [-0.39, 0.29) is 0 Å². The lowest BCUT2D eigenvalue weighted by molar-refractivity contribution is 0.796. The molecule has 0 aliphatic rings. The van der Waals surface area contributed by atoms with E-state index in [1.807, 2.05) is 19.1 Å². The van der Waals surface area contributed by atoms with E-state index >= 15 is 0 Å². The van der Waals surface area contributed by atoms with E-state index in [1.165, 1.54) is 0 Å². The fourth-order valence-corrected chi connectivity index (χ4v) is 0.827. The smallest absolute Gasteiger partial charge is 0.148 e. The highest BCUT2D eigenvalue weighted by Crippen LogP contribution is 1.88. The molecule has 0 atom stereocenters. The van der Waals surface area contributed by atoms with Gasteiger partial charge in [0.2, 0.25) is 0 Å². The normalized spacial score (nSPS) is 11.6. The van der Waals surface area contributed by atoms with Crippen LogP contribution in [-0.4, -0.2) is 16.8 Å². The number of hydrogen-bond acceptors (Lipinski definition) is 2. The highest BCUT2D eigenvalue weighted by molar-refractivity contribution is 5.34. The molecule has 0 aliphatic heterocycles. The van der Waals surface area contributed by atoms with Gasteiger partial charge in [-0.1, -0.05) is 6.58 Å². The van der Waals surface area contributed by atoms with Crippen LogP contribution in [0.3, 0.4) is 0 Å². The van der Waals surface area contributed by atoms with E-state index < -0.39 is 0 Å². The van der Waals surface area contributed by atoms with Gasteiger partial charge in [0, 0.05) is 18.9 Å². The predicted molar refractivity (Wildman–Crippen MR) is 44.7 cm³/mol. The Morgan fingerprint density at radius 1 is 1.73 bits per heavy atom. The second-order valence-corrected chi connectivity index (χ2v) is 2.25. The number of rotatable bonds is 1. The van der Waals surface area contributed by atoms with Crippen molar-refractivity contribution < 1.29 is 0 Å². The summed E-state index contributed by atoms with van der Waals surface area (Å²) in [6, 6.07) is 3.74. The van der Waals surface area contributed by atoms with Gasteiger partial charge in [0.25, 0.3) is 0 Å². The van der Waals surface area contributed by atoms with Crippen molar-refractivity contribution in [2.24, 2.45) is 4.99 Å². The first-order valence-corrected chi connectivity index (χ1v) is 3.39. The zero-order valence-corrected chi connectivity index (χ0v) is 6.78. The van der Waals surface area contributed by atoms with Gasteiger partial charge in [-0.05, 0) is 19.1 Å². The molecule has 58 valence electrons. The van der Waals surface area contributed by atoms with Gasteiger partial charge in [0.1, 0.15) is 5.49 Å². The molecule has 0 saturated heterocycles. The van der Waals surface area contributed by atoms with Crippen LogP contribution < -0.4 is 5.49 Å². The van der Waals surface area contributed by atoms with Crippen molar-refractivity contribution in [3.8, 4) is 0 Å². The zero-order chi connectivity index (χ0) is 8.27. The van der Waals surface area contributed by atoms with Gasteiger partial charge in [0.05, 0.1) is 0 Å². The third-order valence-corrected chi connectivity index (χ3v) is 1.32. The summed E-state index contributed by atoms with van der Waals surface area (Å²) in [6.45, 7) is 5.66. The molecule has 0 spiro atoms. The van der Waals surface area contributed by atoms with Gasteiger partial charge in [-0.25, -0.2) is 4.68 Å². The summed E-state index contributed by atoms with van der Waals surface area (Å²) in [5, 5.41) is 4.07. The van der Waals surface area contributed by atoms with Crippen LogP contribution in [0.25, 0.3) is 5.70 Å². The number of aromatic nitrogens is 2. The van der Waals surface area contributed by atoms with Crippen molar-refractivity contribution in [3.05, 3.63) is 30.4 Å². The van der Waals surface area contributed by atoms with Crippen LogP contribution in [-0.2, 0) is 0 Å². The molecule has 0 unspecified atom stereocenters. The molecule has 1 heterocycles. The third-order valence-electron chi connectivity index (χ3n) is 1.32. The van der Waals surface area contributed by atoms with Crippen LogP contribution >= 0.6 is 0 Å². The first-order chi connectivity index (χ1) is 5.25. The highest BCUT2D eigenvalue weighted by atomic mass is 15.3. The Hall–Kier alpha value is -1.38. The van der Waals surface area contributed by atoms with Gasteiger partial charge in [-0.2, -0.15) is 5.10 Å². The Morgan fingerprint density at radius 2 is 2.45 bits per heavy atom. The molecule has 0 aromatic carbocycles. The molecule has 1 aromatic heterocycles. The minimum Gasteiger partial charge on any atom is -0.270 e. The van der Waals surface area contributed by atoms with Gasteiger partial charge >= 0.3 is 0 Å². The van der Waals surface area contributed by atoms with Crippen LogP contribution in [0, 0.1) is 0 Å². The lowest BCUT2D eigenvalue weighted by atomic mass is 10.5. The molecular formula is C8H11N3. The molecule has 0 bridgehead atoms. The summed E-state index contributed by atoms with van der Waals surface area (Å²) in [4.78, 5) is 4.03. The molecule has 0 radical (unpaired) electrons. The Morgan fingerprint density at radius 3 is 2.91 bits per heavy atom. The number of allylic oxidation sites excluding steroid dienone is 1. The molecule has 0 saturated carbocycles. The van der Waals surface area contributed by atoms with E-state index in [0.29, 0.717) is 0 Å². The summed E-state index contributed by atoms with van der Waals surface area (Å²) in [6.07, 6.45) is 1.71. The summed E-state index contributed by atoms with van der Waals surface area (Å²) < 4.78 is 1.69. The molecule has 0 aliphatic carbocycles. The Kier molecular flexibility index (Phi) is 2.21. The quantitative estimate of drug-likeness (QED) is 0.583. The van der Waals surface area contributed by atoms with E-state index in [4.69, 9.17) is 0 Å². The number of nitrogens with zero attached hydrogens (tertiary/aromatic N) is 3. The summed E-state index contributed by atoms with van der Waals surface area (Å²) in [5.74, 6) is 0. The van der Waals surface area contributed by atoms with Crippen molar-refractivity contribution in [1.29, 1.82) is 0 Å². The topological polar surface area (TPSA) is 30.2 Å². The minimum atomic E-state index is 0.819. The maximum Gasteiger partial charge on any atom is 0.148 e. The van der Waals surface area contributed by atoms with E-state index in [1.54, 1.807) is 17.9 Å². The molecular weight excluding hydrogens is 138 g/mol. The Bertz CT molecular complexity index is 322. The van der Waals surface area contributed by atoms with Crippen molar-refractivity contribution >= 4 is 5.70 Å². The summed E-state index contributed by atoms with van der Waals surface area (Å²) in [5.41, 5.74) is 1.69. The van der Waals surface area contributed by atoms with Crippen LogP contribution in [0.15, 0.2) is 29.9 Å². The SMILES string of the molecule is C=C(C)n1ncccc1=NC. The summed E-state index contributed by atoms with van der Waals surface area (Å²) in [7, 11) is 1.73. The standard InChI is InChI=1S/C8H11N3/c1-7(2)11-8(9-3)5-4-6-10-11/h4-6H,1H2,2-3H3. The van der Waals surface area contributed by atoms with Crippen molar-refractivity contribution in [2.45, 2.75) is 6.92 Å². The van der Waals surface area contributed by atoms with Crippen LogP contribution in [0.1, 0.15) is 6.92 Å². The predicted octanol–water partition coefficient (Wildman–Crippen LogP) is 0.904. The molecule has 0 N–H and O–H groups in total. The average Bonchev–Trinajstić information content (AvgIpc) is 2.04. The molecule has 11 heavy (non-hydrogen) atoms. The molecule has 1 aromatic rings. The fraction of sp³-hybridized carbons (Fsp3) is 0.250. The third kappa shape index (κ3) is 1.55. The van der Waals surface area contributed by atoms with Crippen molar-refractivity contribution in [2.75, 3.05) is 7.05 Å². The Labute approximate surface area is 65.7 Å². The van der Waals surface area contributed by atoms with Gasteiger partial charge in [0.15, 0.2) is 0 Å². The van der Waals surface area contributed by atoms with E-state index in [2.05, 4.69) is 16.7 Å². The molecule has 0 amide bonds. The second kappa shape index (κ2) is 3.14. The lowest BCUT2D eigenvalue weighted by Gasteiger charge is -2.01. The molecule has 1 rings (SSSR count). The maximum absolute atomic E-state index is 4.07. The van der Waals surface area contributed by atoms with E-state index in [9.17, 15) is 0 Å². The van der Waals surface area contributed by atoms with Crippen LogP contribution in [0.5, 0.6) is 0 Å². The van der Waals surface area contributed by atoms with Gasteiger partial charge in [-0.15, -0.1) is 0 Å². The zero-order valence-electron chi connectivity index (χ0n) is 6.78. The van der Waals surface area contributed by atoms with Crippen LogP contribution in [0.4, 0.5) is 0 Å². The molecule has 0 fully saturated rings. The minimum absolute atomic E-state index is 0.819. The van der Waals surface area contributed by atoms with Crippen LogP contribution in [0.2, 0.25) is 0 Å². The second-order valence-electron chi connectivity index (χ2n) is 2.25. The molecule has 3 heteroatoms. The first-order valence-electron chi connectivity index (χ1n) is 3.39. The van der Waals surface area contributed by atoms with Crippen molar-refractivity contribution in [3.63, 3.8) is 0 Å². The highest BCUT2D eigenvalue weighted by Gasteiger charge is 1.90. The van der Waals surface area contributed by atoms with Gasteiger partial charge in [-0.3, -0.25) is 4.99 Å². The fourth-order valence-electron chi connectivity index (χ4n) is 0.827.